The van der Waals surface area contributed by atoms with E-state index in [2.05, 4.69) is 4.98 Å². The third-order valence-electron chi connectivity index (χ3n) is 4.74. The molecule has 5 nitrogen and oxygen atoms in total. The average Bonchev–Trinajstić information content (AvgIpc) is 3.03. The molecule has 1 aromatic carbocycles. The minimum absolute atomic E-state index is 0.0794. The number of likely N-dealkylation sites (tertiary alicyclic amines) is 1. The number of rotatable bonds is 3. The molecule has 0 radical (unpaired) electrons. The Kier molecular flexibility index (Phi) is 3.35. The van der Waals surface area contributed by atoms with Crippen molar-refractivity contribution in [2.45, 2.75) is 12.5 Å². The van der Waals surface area contributed by atoms with Gasteiger partial charge in [0.1, 0.15) is 11.5 Å². The van der Waals surface area contributed by atoms with Crippen LogP contribution in [-0.4, -0.2) is 34.9 Å². The average molecular weight is 332 g/mol. The van der Waals surface area contributed by atoms with Gasteiger partial charge in [0, 0.05) is 19.1 Å². The first-order chi connectivity index (χ1) is 11.1. The van der Waals surface area contributed by atoms with Crippen molar-refractivity contribution in [3.05, 3.63) is 35.8 Å². The molecule has 7 heteroatoms. The van der Waals surface area contributed by atoms with E-state index < -0.39 is 0 Å². The molecule has 0 bridgehead atoms. The van der Waals surface area contributed by atoms with Crippen molar-refractivity contribution in [2.75, 3.05) is 18.8 Å². The fourth-order valence-corrected chi connectivity index (χ4v) is 4.37. The van der Waals surface area contributed by atoms with Crippen LogP contribution in [0.1, 0.15) is 16.9 Å². The minimum atomic E-state index is -0.352. The topological polar surface area (TPSA) is 85.2 Å². The van der Waals surface area contributed by atoms with Gasteiger partial charge in [-0.2, -0.15) is 0 Å². The lowest BCUT2D eigenvalue weighted by Gasteiger charge is -2.26. The molecule has 0 spiro atoms. The van der Waals surface area contributed by atoms with Crippen molar-refractivity contribution in [3.8, 4) is 10.4 Å². The number of halogens is 1. The number of hydrogen-bond donors (Lipinski definition) is 2. The van der Waals surface area contributed by atoms with Crippen LogP contribution >= 0.6 is 11.3 Å². The largest absolute Gasteiger partial charge is 0.375 e. The minimum Gasteiger partial charge on any atom is -0.375 e. The Morgan fingerprint density at radius 3 is 3.04 bits per heavy atom. The maximum Gasteiger partial charge on any atom is 0.274 e. The van der Waals surface area contributed by atoms with E-state index in [1.807, 2.05) is 4.90 Å². The van der Waals surface area contributed by atoms with Gasteiger partial charge in [-0.05, 0) is 36.0 Å². The van der Waals surface area contributed by atoms with Crippen LogP contribution in [0, 0.1) is 17.7 Å². The molecule has 3 atom stereocenters. The Morgan fingerprint density at radius 2 is 2.30 bits per heavy atom. The zero-order valence-electron chi connectivity index (χ0n) is 12.4. The lowest BCUT2D eigenvalue weighted by Crippen LogP contribution is -2.43. The smallest absolute Gasteiger partial charge is 0.274 e. The summed E-state index contributed by atoms with van der Waals surface area (Å²) in [4.78, 5) is 19.6. The van der Waals surface area contributed by atoms with E-state index in [1.54, 1.807) is 12.1 Å². The van der Waals surface area contributed by atoms with Gasteiger partial charge in [0.15, 0.2) is 5.13 Å². The van der Waals surface area contributed by atoms with E-state index in [9.17, 15) is 9.18 Å². The van der Waals surface area contributed by atoms with Gasteiger partial charge < -0.3 is 16.4 Å². The van der Waals surface area contributed by atoms with Crippen LogP contribution in [0.3, 0.4) is 0 Å². The van der Waals surface area contributed by atoms with Crippen LogP contribution in [-0.2, 0) is 0 Å². The predicted molar refractivity (Wildman–Crippen MR) is 87.4 cm³/mol. The number of nitrogens with two attached hydrogens (primary N) is 2. The van der Waals surface area contributed by atoms with Gasteiger partial charge in [-0.3, -0.25) is 4.79 Å². The highest BCUT2D eigenvalue weighted by Gasteiger charge is 2.53. The SMILES string of the molecule is NC[C@@H]1[C@@H]2C[C@@H]2CN1C(=O)c1nc(N)sc1-c1cccc(F)c1. The maximum atomic E-state index is 13.5. The van der Waals surface area contributed by atoms with Crippen molar-refractivity contribution in [1.82, 2.24) is 9.88 Å². The Hall–Kier alpha value is -1.99. The number of benzene rings is 1. The van der Waals surface area contributed by atoms with Crippen LogP contribution in [0.2, 0.25) is 0 Å². The molecule has 1 aliphatic carbocycles. The van der Waals surface area contributed by atoms with Gasteiger partial charge in [0.05, 0.1) is 4.88 Å². The number of hydrogen-bond acceptors (Lipinski definition) is 5. The molecule has 2 aliphatic rings. The number of fused-ring (bicyclic) bond motifs is 1. The number of nitrogen functional groups attached to an aromatic ring is 1. The van der Waals surface area contributed by atoms with Gasteiger partial charge in [0.2, 0.25) is 0 Å². The van der Waals surface area contributed by atoms with Crippen molar-refractivity contribution in [1.29, 1.82) is 0 Å². The molecule has 1 aliphatic heterocycles. The second kappa shape index (κ2) is 5.28. The third-order valence-corrected chi connectivity index (χ3v) is 5.67. The molecule has 1 saturated heterocycles. The van der Waals surface area contributed by atoms with Crippen molar-refractivity contribution in [2.24, 2.45) is 17.6 Å². The Bertz CT molecular complexity index is 777. The van der Waals surface area contributed by atoms with Crippen LogP contribution in [0.4, 0.5) is 9.52 Å². The molecule has 1 aromatic heterocycles. The van der Waals surface area contributed by atoms with E-state index >= 15 is 0 Å². The summed E-state index contributed by atoms with van der Waals surface area (Å²) < 4.78 is 13.5. The van der Waals surface area contributed by atoms with Crippen LogP contribution < -0.4 is 11.5 Å². The molecule has 23 heavy (non-hydrogen) atoms. The molecule has 4 rings (SSSR count). The standard InChI is InChI=1S/C16H17FN4OS/c17-10-3-1-2-8(4-10)14-13(20-16(19)23-14)15(22)21-7-9-5-11(9)12(21)6-18/h1-4,9,11-12H,5-7,18H2,(H2,19,20)/t9-,11-,12-/m1/s1. The fraction of sp³-hybridized carbons (Fsp3) is 0.375. The van der Waals surface area contributed by atoms with Gasteiger partial charge in [-0.15, -0.1) is 0 Å². The van der Waals surface area contributed by atoms with Gasteiger partial charge in [0.25, 0.3) is 5.91 Å². The van der Waals surface area contributed by atoms with Gasteiger partial charge >= 0.3 is 0 Å². The van der Waals surface area contributed by atoms with Gasteiger partial charge in [-0.1, -0.05) is 23.5 Å². The molecular formula is C16H17FN4OS. The zero-order valence-corrected chi connectivity index (χ0v) is 13.2. The number of amides is 1. The second-order valence-electron chi connectivity index (χ2n) is 6.16. The first kappa shape index (κ1) is 14.6. The summed E-state index contributed by atoms with van der Waals surface area (Å²) in [5.41, 5.74) is 12.6. The first-order valence-electron chi connectivity index (χ1n) is 7.61. The number of thiazole rings is 1. The van der Waals surface area contributed by atoms with Crippen LogP contribution in [0.15, 0.2) is 24.3 Å². The molecule has 2 fully saturated rings. The lowest BCUT2D eigenvalue weighted by atomic mass is 10.1. The monoisotopic (exact) mass is 332 g/mol. The number of carbonyl (C=O) groups excluding carboxylic acids is 1. The summed E-state index contributed by atoms with van der Waals surface area (Å²) in [5, 5.41) is 0.307. The molecule has 2 aromatic rings. The predicted octanol–water partition coefficient (Wildman–Crippen LogP) is 1.95. The molecule has 120 valence electrons. The summed E-state index contributed by atoms with van der Waals surface area (Å²) in [6.07, 6.45) is 1.15. The summed E-state index contributed by atoms with van der Waals surface area (Å²) >= 11 is 1.21. The van der Waals surface area contributed by atoms with Gasteiger partial charge in [-0.25, -0.2) is 9.37 Å². The first-order valence-corrected chi connectivity index (χ1v) is 8.43. The van der Waals surface area contributed by atoms with E-state index in [4.69, 9.17) is 11.5 Å². The Morgan fingerprint density at radius 1 is 1.48 bits per heavy atom. The van der Waals surface area contributed by atoms with Crippen LogP contribution in [0.5, 0.6) is 0 Å². The highest BCUT2D eigenvalue weighted by atomic mass is 32.1. The molecule has 4 N–H and O–H groups in total. The number of anilines is 1. The number of nitrogens with zero attached hydrogens (tertiary/aromatic N) is 2. The van der Waals surface area contributed by atoms with E-state index in [0.29, 0.717) is 39.6 Å². The van der Waals surface area contributed by atoms with Crippen LogP contribution in [0.25, 0.3) is 10.4 Å². The highest BCUT2D eigenvalue weighted by molar-refractivity contribution is 7.19. The zero-order chi connectivity index (χ0) is 16.1. The maximum absolute atomic E-state index is 13.5. The lowest BCUT2D eigenvalue weighted by molar-refractivity contribution is 0.0708. The van der Waals surface area contributed by atoms with Crippen molar-refractivity contribution >= 4 is 22.4 Å². The van der Waals surface area contributed by atoms with Crippen molar-refractivity contribution < 1.29 is 9.18 Å². The molecule has 1 amide bonds. The van der Waals surface area contributed by atoms with E-state index in [-0.39, 0.29) is 17.8 Å². The number of piperidine rings is 1. The summed E-state index contributed by atoms with van der Waals surface area (Å²) in [6.45, 7) is 1.19. The molecular weight excluding hydrogens is 315 g/mol. The van der Waals surface area contributed by atoms with E-state index in [1.165, 1.54) is 23.5 Å². The van der Waals surface area contributed by atoms with Crippen molar-refractivity contribution in [3.63, 3.8) is 0 Å². The highest BCUT2D eigenvalue weighted by Crippen LogP contribution is 2.49. The number of aromatic nitrogens is 1. The Labute approximate surface area is 137 Å². The normalized spacial score (nSPS) is 25.5. The quantitative estimate of drug-likeness (QED) is 0.899. The number of carbonyl (C=O) groups is 1. The van der Waals surface area contributed by atoms with E-state index in [0.717, 1.165) is 13.0 Å². The summed E-state index contributed by atoms with van der Waals surface area (Å²) in [7, 11) is 0. The fourth-order valence-electron chi connectivity index (χ4n) is 3.55. The molecule has 2 heterocycles. The molecule has 0 unspecified atom stereocenters. The summed E-state index contributed by atoms with van der Waals surface area (Å²) in [6, 6.07) is 6.22. The Balaban J connectivity index is 1.70. The summed E-state index contributed by atoms with van der Waals surface area (Å²) in [5.74, 6) is 0.591. The molecule has 1 saturated carbocycles. The third kappa shape index (κ3) is 2.40. The second-order valence-corrected chi connectivity index (χ2v) is 7.19.